The average Bonchev–Trinajstić information content (AvgIpc) is 2.80. The van der Waals surface area contributed by atoms with E-state index in [0.29, 0.717) is 4.90 Å². The van der Waals surface area contributed by atoms with Crippen LogP contribution in [-0.4, -0.2) is 57.9 Å². The van der Waals surface area contributed by atoms with Gasteiger partial charge in [-0.3, -0.25) is 28.9 Å². The van der Waals surface area contributed by atoms with Gasteiger partial charge in [0.05, 0.1) is 6.54 Å². The number of nitrogens with zero attached hydrogens (tertiary/aromatic N) is 2. The highest BCUT2D eigenvalue weighted by Crippen LogP contribution is 2.16. The first-order valence-electron chi connectivity index (χ1n) is 6.22. The highest BCUT2D eigenvalue weighted by molar-refractivity contribution is 6.20. The van der Waals surface area contributed by atoms with E-state index >= 15 is 0 Å². The van der Waals surface area contributed by atoms with Crippen LogP contribution in [0.5, 0.6) is 0 Å². The first-order valence-corrected chi connectivity index (χ1v) is 6.22. The fourth-order valence-corrected chi connectivity index (χ4v) is 1.96. The minimum Gasteiger partial charge on any atom is -0.327 e. The summed E-state index contributed by atoms with van der Waals surface area (Å²) in [7, 11) is 0. The number of imide groups is 2. The third-order valence-electron chi connectivity index (χ3n) is 3.01. The molecule has 0 radical (unpaired) electrons. The predicted molar refractivity (Wildman–Crippen MR) is 66.0 cm³/mol. The normalized spacial score (nSPS) is 21.6. The maximum atomic E-state index is 12.0. The number of hydrogen-bond donors (Lipinski definition) is 1. The molecule has 2 rings (SSSR count). The maximum Gasteiger partial charge on any atom is 0.363 e. The lowest BCUT2D eigenvalue weighted by Crippen LogP contribution is -2.57. The van der Waals surface area contributed by atoms with Gasteiger partial charge in [0.2, 0.25) is 11.9 Å². The Labute approximate surface area is 123 Å². The molecule has 0 aromatic carbocycles. The van der Waals surface area contributed by atoms with Gasteiger partial charge >= 0.3 is 5.97 Å². The largest absolute Gasteiger partial charge is 0.363 e. The molecule has 0 spiro atoms. The van der Waals surface area contributed by atoms with Crippen molar-refractivity contribution < 1.29 is 33.6 Å². The number of carbonyl (C=O) groups excluding carboxylic acids is 6. The standard InChI is InChI=1S/C12H11N3O7/c13-5-10(20)14-7(17)2-1-6(16)11(14)12(21)22-15-8(18)3-4-9(15)19/h1-2,11H,3-5,13H2/t11-/m0/s1. The lowest BCUT2D eigenvalue weighted by molar-refractivity contribution is -0.201. The smallest absolute Gasteiger partial charge is 0.327 e. The van der Waals surface area contributed by atoms with Crippen molar-refractivity contribution >= 4 is 35.4 Å². The van der Waals surface area contributed by atoms with Crippen LogP contribution in [0.3, 0.4) is 0 Å². The molecule has 10 nitrogen and oxygen atoms in total. The SMILES string of the molecule is NCC(=O)N1C(=O)C=CC(=O)[C@H]1C(=O)ON1C(=O)CCC1=O. The molecular formula is C12H11N3O7. The zero-order valence-corrected chi connectivity index (χ0v) is 11.2. The molecule has 116 valence electrons. The second-order valence-electron chi connectivity index (χ2n) is 4.44. The van der Waals surface area contributed by atoms with Crippen molar-refractivity contribution in [3.63, 3.8) is 0 Å². The highest BCUT2D eigenvalue weighted by atomic mass is 16.7. The third kappa shape index (κ3) is 2.63. The third-order valence-corrected chi connectivity index (χ3v) is 3.01. The molecule has 2 heterocycles. The van der Waals surface area contributed by atoms with Crippen molar-refractivity contribution in [2.45, 2.75) is 18.9 Å². The van der Waals surface area contributed by atoms with Crippen LogP contribution >= 0.6 is 0 Å². The zero-order valence-electron chi connectivity index (χ0n) is 11.2. The molecule has 2 aliphatic rings. The van der Waals surface area contributed by atoms with Gasteiger partial charge in [-0.2, -0.15) is 0 Å². The molecule has 1 saturated heterocycles. The molecule has 0 saturated carbocycles. The van der Waals surface area contributed by atoms with Crippen LogP contribution in [0, 0.1) is 0 Å². The maximum absolute atomic E-state index is 12.0. The van der Waals surface area contributed by atoms with Gasteiger partial charge in [-0.25, -0.2) is 4.79 Å². The van der Waals surface area contributed by atoms with Crippen LogP contribution in [0.2, 0.25) is 0 Å². The number of hydroxylamine groups is 2. The summed E-state index contributed by atoms with van der Waals surface area (Å²) in [5, 5.41) is 0.226. The highest BCUT2D eigenvalue weighted by Gasteiger charge is 2.44. The van der Waals surface area contributed by atoms with Crippen molar-refractivity contribution in [3.8, 4) is 0 Å². The Bertz CT molecular complexity index is 608. The van der Waals surface area contributed by atoms with Crippen molar-refractivity contribution in [1.82, 2.24) is 9.96 Å². The van der Waals surface area contributed by atoms with Gasteiger partial charge in [0.1, 0.15) is 0 Å². The second kappa shape index (κ2) is 5.85. The van der Waals surface area contributed by atoms with E-state index in [0.717, 1.165) is 12.2 Å². The fourth-order valence-electron chi connectivity index (χ4n) is 1.96. The molecule has 0 aliphatic carbocycles. The Morgan fingerprint density at radius 3 is 2.27 bits per heavy atom. The van der Waals surface area contributed by atoms with Crippen molar-refractivity contribution in [3.05, 3.63) is 12.2 Å². The van der Waals surface area contributed by atoms with Gasteiger partial charge in [0, 0.05) is 18.9 Å². The summed E-state index contributed by atoms with van der Waals surface area (Å²) in [5.41, 5.74) is 5.13. The molecule has 1 atom stereocenters. The molecule has 10 heteroatoms. The van der Waals surface area contributed by atoms with Crippen LogP contribution in [0.4, 0.5) is 0 Å². The van der Waals surface area contributed by atoms with E-state index in [1.807, 2.05) is 0 Å². The summed E-state index contributed by atoms with van der Waals surface area (Å²) < 4.78 is 0. The Balaban J connectivity index is 2.25. The van der Waals surface area contributed by atoms with E-state index in [1.54, 1.807) is 0 Å². The number of amides is 4. The van der Waals surface area contributed by atoms with Crippen LogP contribution in [0.25, 0.3) is 0 Å². The second-order valence-corrected chi connectivity index (χ2v) is 4.44. The van der Waals surface area contributed by atoms with Crippen LogP contribution in [0.15, 0.2) is 12.2 Å². The van der Waals surface area contributed by atoms with Gasteiger partial charge in [0.25, 0.3) is 17.7 Å². The minimum atomic E-state index is -1.91. The molecule has 2 aliphatic heterocycles. The van der Waals surface area contributed by atoms with Gasteiger partial charge in [-0.05, 0) is 6.08 Å². The van der Waals surface area contributed by atoms with E-state index in [9.17, 15) is 28.8 Å². The van der Waals surface area contributed by atoms with Gasteiger partial charge in [-0.1, -0.05) is 0 Å². The quantitative estimate of drug-likeness (QED) is 0.442. The van der Waals surface area contributed by atoms with E-state index in [-0.39, 0.29) is 17.9 Å². The molecule has 0 aromatic rings. The topological polar surface area (TPSA) is 144 Å². The van der Waals surface area contributed by atoms with E-state index in [2.05, 4.69) is 4.84 Å². The summed E-state index contributed by atoms with van der Waals surface area (Å²) in [6.07, 6.45) is 1.36. The van der Waals surface area contributed by atoms with Crippen LogP contribution < -0.4 is 5.73 Å². The number of nitrogens with two attached hydrogens (primary N) is 1. The molecule has 1 fully saturated rings. The number of carbonyl (C=O) groups is 6. The summed E-state index contributed by atoms with van der Waals surface area (Å²) in [4.78, 5) is 74.8. The summed E-state index contributed by atoms with van der Waals surface area (Å²) in [6.45, 7) is -0.613. The molecule has 0 unspecified atom stereocenters. The molecule has 0 bridgehead atoms. The zero-order chi connectivity index (χ0) is 16.4. The summed E-state index contributed by atoms with van der Waals surface area (Å²) >= 11 is 0. The van der Waals surface area contributed by atoms with Crippen molar-refractivity contribution in [2.75, 3.05) is 6.54 Å². The summed E-state index contributed by atoms with van der Waals surface area (Å²) in [6, 6.07) is -1.91. The molecule has 0 aromatic heterocycles. The summed E-state index contributed by atoms with van der Waals surface area (Å²) in [5.74, 6) is -5.67. The van der Waals surface area contributed by atoms with Gasteiger partial charge in [-0.15, -0.1) is 5.06 Å². The van der Waals surface area contributed by atoms with Crippen molar-refractivity contribution in [1.29, 1.82) is 0 Å². The number of ketones is 1. The first kappa shape index (κ1) is 15.5. The van der Waals surface area contributed by atoms with Crippen LogP contribution in [0.1, 0.15) is 12.8 Å². The molecule has 22 heavy (non-hydrogen) atoms. The Morgan fingerprint density at radius 1 is 1.14 bits per heavy atom. The van der Waals surface area contributed by atoms with Gasteiger partial charge < -0.3 is 10.6 Å². The Hall–Kier alpha value is -2.88. The first-order chi connectivity index (χ1) is 10.4. The molecular weight excluding hydrogens is 298 g/mol. The minimum absolute atomic E-state index is 0.130. The van der Waals surface area contributed by atoms with E-state index in [4.69, 9.17) is 5.73 Å². The molecule has 4 amide bonds. The predicted octanol–water partition coefficient (Wildman–Crippen LogP) is -2.58. The van der Waals surface area contributed by atoms with Gasteiger partial charge in [0.15, 0.2) is 5.78 Å². The van der Waals surface area contributed by atoms with Crippen LogP contribution in [-0.2, 0) is 33.6 Å². The molecule has 2 N–H and O–H groups in total. The lowest BCUT2D eigenvalue weighted by Gasteiger charge is -2.28. The average molecular weight is 309 g/mol. The fraction of sp³-hybridized carbons (Fsp3) is 0.333. The van der Waals surface area contributed by atoms with E-state index in [1.165, 1.54) is 0 Å². The Morgan fingerprint density at radius 2 is 1.73 bits per heavy atom. The number of rotatable bonds is 3. The number of hydrogen-bond acceptors (Lipinski definition) is 8. The Kier molecular flexibility index (Phi) is 4.13. The monoisotopic (exact) mass is 309 g/mol. The van der Waals surface area contributed by atoms with E-state index < -0.39 is 48.0 Å². The van der Waals surface area contributed by atoms with Crippen molar-refractivity contribution in [2.24, 2.45) is 5.73 Å². The lowest BCUT2D eigenvalue weighted by atomic mass is 10.1.